The molecule has 254 valence electrons. The third-order valence-corrected chi connectivity index (χ3v) is 8.40. The highest BCUT2D eigenvalue weighted by molar-refractivity contribution is 5.96. The van der Waals surface area contributed by atoms with Crippen LogP contribution in [0.2, 0.25) is 0 Å². The number of rotatable bonds is 18. The van der Waals surface area contributed by atoms with E-state index in [0.29, 0.717) is 37.4 Å². The normalized spacial score (nSPS) is 17.6. The maximum atomic E-state index is 14.2. The third kappa shape index (κ3) is 11.0. The van der Waals surface area contributed by atoms with Gasteiger partial charge in [-0.2, -0.15) is 13.2 Å². The lowest BCUT2D eigenvalue weighted by Crippen LogP contribution is -2.64. The molecule has 0 spiro atoms. The van der Waals surface area contributed by atoms with Gasteiger partial charge >= 0.3 is 6.18 Å². The molecular formula is C31H51ClF3N3O6. The number of aliphatic hydroxyl groups is 1. The molecule has 4 unspecified atom stereocenters. The molecule has 4 atom stereocenters. The van der Waals surface area contributed by atoms with Crippen molar-refractivity contribution in [1.29, 1.82) is 0 Å². The van der Waals surface area contributed by atoms with Gasteiger partial charge in [0.05, 0.1) is 18.3 Å². The van der Waals surface area contributed by atoms with Crippen molar-refractivity contribution in [3.8, 4) is 5.75 Å². The van der Waals surface area contributed by atoms with Gasteiger partial charge < -0.3 is 35.7 Å². The van der Waals surface area contributed by atoms with E-state index in [9.17, 15) is 27.9 Å². The minimum atomic E-state index is -4.92. The Kier molecular flexibility index (Phi) is 17.6. The van der Waals surface area contributed by atoms with E-state index in [1.165, 1.54) is 0 Å². The second kappa shape index (κ2) is 19.4. The lowest BCUT2D eigenvalue weighted by Gasteiger charge is -2.41. The molecule has 0 radical (unpaired) electrons. The molecule has 0 aromatic heterocycles. The topological polar surface area (TPSA) is 132 Å². The van der Waals surface area contributed by atoms with Crippen LogP contribution in [0.25, 0.3) is 0 Å². The molecule has 9 nitrogen and oxygen atoms in total. The van der Waals surface area contributed by atoms with Gasteiger partial charge in [0.1, 0.15) is 5.75 Å². The Morgan fingerprint density at radius 3 is 2.25 bits per heavy atom. The van der Waals surface area contributed by atoms with Gasteiger partial charge in [-0.15, -0.1) is 12.4 Å². The van der Waals surface area contributed by atoms with Crippen molar-refractivity contribution in [1.82, 2.24) is 10.6 Å². The van der Waals surface area contributed by atoms with E-state index < -0.39 is 42.3 Å². The summed E-state index contributed by atoms with van der Waals surface area (Å²) in [5.41, 5.74) is 3.66. The summed E-state index contributed by atoms with van der Waals surface area (Å²) in [5, 5.41) is 15.9. The van der Waals surface area contributed by atoms with Crippen molar-refractivity contribution in [3.05, 3.63) is 29.8 Å². The fraction of sp³-hybridized carbons (Fsp3) is 0.742. The molecule has 5 N–H and O–H groups in total. The van der Waals surface area contributed by atoms with Gasteiger partial charge in [-0.25, -0.2) is 0 Å². The van der Waals surface area contributed by atoms with Crippen LogP contribution in [0, 0.1) is 17.8 Å². The smallest absolute Gasteiger partial charge is 0.426 e. The number of nitrogens with two attached hydrogens (primary N) is 1. The molecule has 1 aliphatic carbocycles. The monoisotopic (exact) mass is 653 g/mol. The van der Waals surface area contributed by atoms with Crippen LogP contribution in [0.15, 0.2) is 24.3 Å². The molecule has 0 saturated heterocycles. The van der Waals surface area contributed by atoms with Crippen molar-refractivity contribution in [3.63, 3.8) is 0 Å². The Labute approximate surface area is 265 Å². The van der Waals surface area contributed by atoms with Crippen LogP contribution in [-0.2, 0) is 14.3 Å². The van der Waals surface area contributed by atoms with Crippen LogP contribution in [-0.4, -0.2) is 81.4 Å². The van der Waals surface area contributed by atoms with Gasteiger partial charge in [-0.1, -0.05) is 45.2 Å². The molecule has 1 aromatic carbocycles. The van der Waals surface area contributed by atoms with Crippen LogP contribution >= 0.6 is 12.4 Å². The van der Waals surface area contributed by atoms with E-state index in [4.69, 9.17) is 19.9 Å². The number of ether oxygens (including phenoxy) is 3. The zero-order chi connectivity index (χ0) is 32.0. The van der Waals surface area contributed by atoms with Crippen molar-refractivity contribution in [2.24, 2.45) is 23.5 Å². The summed E-state index contributed by atoms with van der Waals surface area (Å²) in [6.45, 7) is 4.78. The molecule has 1 aromatic rings. The first-order valence-electron chi connectivity index (χ1n) is 15.2. The first-order chi connectivity index (χ1) is 20.4. The Balaban J connectivity index is 0.00000968. The first-order valence-corrected chi connectivity index (χ1v) is 15.2. The van der Waals surface area contributed by atoms with Crippen LogP contribution < -0.4 is 21.1 Å². The lowest BCUT2D eigenvalue weighted by molar-refractivity contribution is -0.279. The van der Waals surface area contributed by atoms with Crippen molar-refractivity contribution >= 4 is 24.2 Å². The Bertz CT molecular complexity index is 997. The summed E-state index contributed by atoms with van der Waals surface area (Å²) in [6.07, 6.45) is -1.88. The van der Waals surface area contributed by atoms with Gasteiger partial charge in [0.2, 0.25) is 5.60 Å². The van der Waals surface area contributed by atoms with Gasteiger partial charge in [0.25, 0.3) is 11.8 Å². The summed E-state index contributed by atoms with van der Waals surface area (Å²) < 4.78 is 58.5. The maximum Gasteiger partial charge on any atom is 0.426 e. The molecular weight excluding hydrogens is 603 g/mol. The Morgan fingerprint density at radius 1 is 1.02 bits per heavy atom. The summed E-state index contributed by atoms with van der Waals surface area (Å²) in [6, 6.07) is 6.09. The number of alkyl halides is 3. The quantitative estimate of drug-likeness (QED) is 0.170. The summed E-state index contributed by atoms with van der Waals surface area (Å²) >= 11 is 0. The molecule has 1 saturated carbocycles. The molecule has 0 bridgehead atoms. The average Bonchev–Trinajstić information content (AvgIpc) is 2.98. The van der Waals surface area contributed by atoms with Crippen LogP contribution in [0.5, 0.6) is 5.75 Å². The fourth-order valence-electron chi connectivity index (χ4n) is 5.64. The SMILES string of the molecule is COCCCCOc1ccccc1C(=O)NCC(CC(N)C(O)CNC(=O)C(OC)(C1CCCCC1)C(F)(F)F)C(C)C.Cl. The highest BCUT2D eigenvalue weighted by atomic mass is 35.5. The van der Waals surface area contributed by atoms with Crippen LogP contribution in [0.4, 0.5) is 13.2 Å². The van der Waals surface area contributed by atoms with E-state index in [1.54, 1.807) is 31.4 Å². The lowest BCUT2D eigenvalue weighted by atomic mass is 9.75. The minimum absolute atomic E-state index is 0. The number of hydrogen-bond donors (Lipinski definition) is 4. The summed E-state index contributed by atoms with van der Waals surface area (Å²) in [4.78, 5) is 26.0. The van der Waals surface area contributed by atoms with Crippen molar-refractivity contribution < 1.29 is 42.1 Å². The van der Waals surface area contributed by atoms with E-state index in [2.05, 4.69) is 10.6 Å². The number of carbonyl (C=O) groups is 2. The molecule has 1 aliphatic rings. The van der Waals surface area contributed by atoms with Gasteiger partial charge in [0.15, 0.2) is 0 Å². The number of unbranched alkanes of at least 4 members (excludes halogenated alkanes) is 1. The zero-order valence-electron chi connectivity index (χ0n) is 26.3. The number of amides is 2. The first kappa shape index (κ1) is 39.9. The molecule has 2 rings (SSSR count). The Morgan fingerprint density at radius 2 is 1.66 bits per heavy atom. The van der Waals surface area contributed by atoms with Crippen molar-refractivity contribution in [2.75, 3.05) is 40.5 Å². The number of carbonyl (C=O) groups excluding carboxylic acids is 2. The van der Waals surface area contributed by atoms with Crippen LogP contribution in [0.1, 0.15) is 75.6 Å². The zero-order valence-corrected chi connectivity index (χ0v) is 27.1. The molecule has 13 heteroatoms. The van der Waals surface area contributed by atoms with Crippen molar-refractivity contribution in [2.45, 2.75) is 89.1 Å². The standard InChI is InChI=1S/C31H50F3N3O6.ClH/c1-21(2)22(19-36-28(39)24-14-8-9-15-27(24)43-17-11-10-16-41-3)18-25(35)26(38)20-37-29(40)30(42-4,31(32,33)34)23-12-6-5-7-13-23;/h8-9,14-15,21-23,25-26,38H,5-7,10-13,16-20,35H2,1-4H3,(H,36,39)(H,37,40);1H. The predicted molar refractivity (Wildman–Crippen MR) is 165 cm³/mol. The van der Waals surface area contributed by atoms with Gasteiger partial charge in [0, 0.05) is 45.9 Å². The number of para-hydroxylation sites is 1. The molecule has 2 amide bonds. The largest absolute Gasteiger partial charge is 0.493 e. The highest BCUT2D eigenvalue weighted by Crippen LogP contribution is 2.45. The number of benzene rings is 1. The second-order valence-electron chi connectivity index (χ2n) is 11.7. The third-order valence-electron chi connectivity index (χ3n) is 8.40. The maximum absolute atomic E-state index is 14.2. The number of halogens is 4. The average molecular weight is 654 g/mol. The van der Waals surface area contributed by atoms with Crippen LogP contribution in [0.3, 0.4) is 0 Å². The van der Waals surface area contributed by atoms with E-state index in [0.717, 1.165) is 26.4 Å². The minimum Gasteiger partial charge on any atom is -0.493 e. The van der Waals surface area contributed by atoms with Gasteiger partial charge in [-0.3, -0.25) is 9.59 Å². The number of aliphatic hydroxyl groups excluding tert-OH is 1. The molecule has 0 aliphatic heterocycles. The predicted octanol–water partition coefficient (Wildman–Crippen LogP) is 4.64. The molecule has 1 fully saturated rings. The second-order valence-corrected chi connectivity index (χ2v) is 11.7. The molecule has 44 heavy (non-hydrogen) atoms. The van der Waals surface area contributed by atoms with Gasteiger partial charge in [-0.05, 0) is 56.1 Å². The summed E-state index contributed by atoms with van der Waals surface area (Å²) in [5.74, 6) is -2.24. The number of methoxy groups -OCH3 is 2. The van der Waals surface area contributed by atoms with E-state index >= 15 is 0 Å². The van der Waals surface area contributed by atoms with E-state index in [1.807, 2.05) is 13.8 Å². The highest BCUT2D eigenvalue weighted by Gasteiger charge is 2.65. The molecule has 0 heterocycles. The number of hydrogen-bond acceptors (Lipinski definition) is 7. The van der Waals surface area contributed by atoms with E-state index in [-0.39, 0.29) is 56.0 Å². The fourth-order valence-corrected chi connectivity index (χ4v) is 5.64. The number of nitrogens with one attached hydrogen (secondary N) is 2. The summed E-state index contributed by atoms with van der Waals surface area (Å²) in [7, 11) is 2.54. The Hall–Kier alpha value is -2.12.